The number of nitrogens with zero attached hydrogens (tertiary/aromatic N) is 2. The standard InChI is InChI=1S/C33H42ClN3O6S/c1-22(38)35-44(40)27-13-15-31-29(19-27)37(16-6-5-8-23-18-26(34)12-10-25(23)21-42-31)20-24-11-14-28(24)30(41-4)9-7-17-43-33(2,3)32(39)36-44/h7,9-10,12-13,15,18-19,24,28,30H,5-6,8,11,14,16-17,20-21H2,1-4H3,(H,35,36,38,39,40)/b9-7+/t24-,28+,30+,44-/m0/s1. The van der Waals surface area contributed by atoms with Crippen LogP contribution >= 0.6 is 11.6 Å². The largest absolute Gasteiger partial charge is 0.487 e. The summed E-state index contributed by atoms with van der Waals surface area (Å²) in [6, 6.07) is 11.0. The first-order chi connectivity index (χ1) is 21.0. The summed E-state index contributed by atoms with van der Waals surface area (Å²) in [7, 11) is -1.97. The molecule has 0 aromatic heterocycles. The van der Waals surface area contributed by atoms with Gasteiger partial charge in [-0.25, -0.2) is 4.21 Å². The molecule has 44 heavy (non-hydrogen) atoms. The summed E-state index contributed by atoms with van der Waals surface area (Å²) < 4.78 is 39.2. The Morgan fingerprint density at radius 3 is 2.70 bits per heavy atom. The maximum absolute atomic E-state index is 14.4. The molecule has 2 aromatic carbocycles. The van der Waals surface area contributed by atoms with Gasteiger partial charge < -0.3 is 19.1 Å². The second-order valence-electron chi connectivity index (χ2n) is 12.3. The molecule has 1 fully saturated rings. The summed E-state index contributed by atoms with van der Waals surface area (Å²) in [6.07, 6.45) is 8.64. The number of benzene rings is 2. The van der Waals surface area contributed by atoms with Crippen LogP contribution < -0.4 is 14.4 Å². The number of hydrogen-bond donors (Lipinski definition) is 1. The maximum Gasteiger partial charge on any atom is 0.287 e. The number of methoxy groups -OCH3 is 1. The first-order valence-electron chi connectivity index (χ1n) is 15.2. The lowest BCUT2D eigenvalue weighted by atomic mass is 9.70. The Kier molecular flexibility index (Phi) is 10.0. The molecular weight excluding hydrogens is 602 g/mol. The molecule has 2 bridgehead atoms. The van der Waals surface area contributed by atoms with Crippen LogP contribution in [0.4, 0.5) is 5.69 Å². The number of ether oxygens (including phenoxy) is 3. The number of halogens is 1. The van der Waals surface area contributed by atoms with Crippen molar-refractivity contribution in [2.45, 2.75) is 76.1 Å². The summed E-state index contributed by atoms with van der Waals surface area (Å²) in [4.78, 5) is 28.2. The van der Waals surface area contributed by atoms with E-state index in [-0.39, 0.29) is 17.6 Å². The van der Waals surface area contributed by atoms with Crippen LogP contribution in [0, 0.1) is 11.8 Å². The minimum atomic E-state index is -3.70. The third-order valence-corrected chi connectivity index (χ3v) is 10.9. The highest BCUT2D eigenvalue weighted by Gasteiger charge is 2.38. The fourth-order valence-electron chi connectivity index (χ4n) is 6.09. The summed E-state index contributed by atoms with van der Waals surface area (Å²) in [5.41, 5.74) is 1.59. The monoisotopic (exact) mass is 643 g/mol. The van der Waals surface area contributed by atoms with Gasteiger partial charge >= 0.3 is 0 Å². The lowest BCUT2D eigenvalue weighted by Gasteiger charge is -2.43. The van der Waals surface area contributed by atoms with Crippen molar-refractivity contribution >= 4 is 39.0 Å². The number of amides is 2. The van der Waals surface area contributed by atoms with Crippen molar-refractivity contribution in [3.05, 3.63) is 64.7 Å². The van der Waals surface area contributed by atoms with Gasteiger partial charge in [0.2, 0.25) is 5.91 Å². The second kappa shape index (κ2) is 13.6. The normalized spacial score (nSPS) is 28.1. The van der Waals surface area contributed by atoms with Gasteiger partial charge in [0, 0.05) is 32.1 Å². The summed E-state index contributed by atoms with van der Waals surface area (Å²) >= 11 is 6.34. The lowest BCUT2D eigenvalue weighted by Crippen LogP contribution is -2.44. The Bertz CT molecular complexity index is 1550. The summed E-state index contributed by atoms with van der Waals surface area (Å²) in [6.45, 7) is 6.40. The minimum absolute atomic E-state index is 0.0857. The number of carbonyl (C=O) groups is 2. The van der Waals surface area contributed by atoms with Crippen molar-refractivity contribution < 1.29 is 28.0 Å². The number of anilines is 1. The van der Waals surface area contributed by atoms with E-state index < -0.39 is 27.3 Å². The molecule has 0 spiro atoms. The van der Waals surface area contributed by atoms with Gasteiger partial charge in [-0.2, -0.15) is 0 Å². The van der Waals surface area contributed by atoms with Gasteiger partial charge in [-0.15, -0.1) is 4.36 Å². The SMILES string of the molecule is CO[C@@H]1/C=C/COC(C)(C)C(=O)N=[S@@](=O)(NC(C)=O)c2ccc3c(c2)N(CCCCc2cc(Cl)ccc2CO3)C[C@@H]2CC[C@H]21. The number of aryl methyl sites for hydroxylation is 1. The Hall–Kier alpha value is -2.92. The Balaban J connectivity index is 1.64. The third kappa shape index (κ3) is 7.30. The molecule has 0 radical (unpaired) electrons. The molecule has 0 saturated heterocycles. The molecule has 4 atom stereocenters. The number of fused-ring (bicyclic) bond motifs is 3. The van der Waals surface area contributed by atoms with E-state index in [1.165, 1.54) is 12.5 Å². The van der Waals surface area contributed by atoms with E-state index in [1.54, 1.807) is 39.2 Å². The quantitative estimate of drug-likeness (QED) is 0.408. The number of nitrogens with one attached hydrogen (secondary N) is 1. The molecule has 1 aliphatic carbocycles. The Morgan fingerprint density at radius 1 is 1.16 bits per heavy atom. The van der Waals surface area contributed by atoms with E-state index in [0.717, 1.165) is 56.4 Å². The van der Waals surface area contributed by atoms with E-state index >= 15 is 0 Å². The second-order valence-corrected chi connectivity index (χ2v) is 14.6. The van der Waals surface area contributed by atoms with Crippen LogP contribution in [0.25, 0.3) is 0 Å². The molecule has 2 heterocycles. The van der Waals surface area contributed by atoms with E-state index in [1.807, 2.05) is 30.4 Å². The third-order valence-electron chi connectivity index (χ3n) is 8.77. The number of rotatable bonds is 2. The Morgan fingerprint density at radius 2 is 1.98 bits per heavy atom. The van der Waals surface area contributed by atoms with E-state index in [0.29, 0.717) is 29.2 Å². The predicted molar refractivity (Wildman–Crippen MR) is 171 cm³/mol. The molecule has 0 unspecified atom stereocenters. The van der Waals surface area contributed by atoms with E-state index in [4.69, 9.17) is 25.8 Å². The molecule has 2 aliphatic heterocycles. The molecule has 9 nitrogen and oxygen atoms in total. The average Bonchev–Trinajstić information content (AvgIpc) is 2.98. The zero-order valence-electron chi connectivity index (χ0n) is 25.8. The highest BCUT2D eigenvalue weighted by atomic mass is 35.5. The molecule has 2 amide bonds. The van der Waals surface area contributed by atoms with Crippen molar-refractivity contribution in [1.29, 1.82) is 0 Å². The summed E-state index contributed by atoms with van der Waals surface area (Å²) in [5, 5.41) is 0.701. The zero-order chi connectivity index (χ0) is 31.5. The lowest BCUT2D eigenvalue weighted by molar-refractivity contribution is -0.137. The smallest absolute Gasteiger partial charge is 0.287 e. The van der Waals surface area contributed by atoms with E-state index in [9.17, 15) is 13.8 Å². The molecule has 5 rings (SSSR count). The van der Waals surface area contributed by atoms with Crippen LogP contribution in [-0.4, -0.2) is 54.5 Å². The molecular formula is C33H42ClN3O6S. The van der Waals surface area contributed by atoms with Crippen molar-refractivity contribution in [3.63, 3.8) is 0 Å². The van der Waals surface area contributed by atoms with Crippen molar-refractivity contribution in [1.82, 2.24) is 4.72 Å². The number of carbonyl (C=O) groups excluding carboxylic acids is 2. The van der Waals surface area contributed by atoms with Gasteiger partial charge in [0.05, 0.1) is 23.3 Å². The van der Waals surface area contributed by atoms with Gasteiger partial charge in [0.15, 0.2) is 9.92 Å². The molecule has 2 aromatic rings. The van der Waals surface area contributed by atoms with Gasteiger partial charge in [-0.1, -0.05) is 29.8 Å². The predicted octanol–water partition coefficient (Wildman–Crippen LogP) is 5.87. The van der Waals surface area contributed by atoms with Crippen LogP contribution in [0.3, 0.4) is 0 Å². The van der Waals surface area contributed by atoms with E-state index in [2.05, 4.69) is 14.0 Å². The topological polar surface area (TPSA) is 107 Å². The van der Waals surface area contributed by atoms with Crippen LogP contribution in [0.2, 0.25) is 5.02 Å². The molecule has 1 saturated carbocycles. The molecule has 3 aliphatic rings. The highest BCUT2D eigenvalue weighted by Crippen LogP contribution is 2.42. The molecule has 238 valence electrons. The first-order valence-corrected chi connectivity index (χ1v) is 17.1. The van der Waals surface area contributed by atoms with Crippen molar-refractivity contribution in [2.24, 2.45) is 16.2 Å². The van der Waals surface area contributed by atoms with Crippen LogP contribution in [0.15, 0.2) is 57.8 Å². The number of hydrogen-bond acceptors (Lipinski definition) is 7. The fraction of sp³-hybridized carbons (Fsp3) is 0.515. The zero-order valence-corrected chi connectivity index (χ0v) is 27.4. The minimum Gasteiger partial charge on any atom is -0.487 e. The van der Waals surface area contributed by atoms with Gasteiger partial charge in [0.1, 0.15) is 18.0 Å². The van der Waals surface area contributed by atoms with Gasteiger partial charge in [0.25, 0.3) is 5.91 Å². The Labute approximate surface area is 265 Å². The maximum atomic E-state index is 14.4. The van der Waals surface area contributed by atoms with Gasteiger partial charge in [-0.05, 0) is 99.2 Å². The van der Waals surface area contributed by atoms with Crippen molar-refractivity contribution in [3.8, 4) is 5.75 Å². The molecule has 1 N–H and O–H groups in total. The highest BCUT2D eigenvalue weighted by molar-refractivity contribution is 7.92. The fourth-order valence-corrected chi connectivity index (χ4v) is 7.92. The molecule has 11 heteroatoms. The van der Waals surface area contributed by atoms with Crippen molar-refractivity contribution in [2.75, 3.05) is 31.7 Å². The van der Waals surface area contributed by atoms with Crippen LogP contribution in [0.1, 0.15) is 57.6 Å². The van der Waals surface area contributed by atoms with Gasteiger partial charge in [-0.3, -0.25) is 14.3 Å². The van der Waals surface area contributed by atoms with Crippen LogP contribution in [0.5, 0.6) is 5.75 Å². The first kappa shape index (κ1) is 32.5. The average molecular weight is 644 g/mol. The van der Waals surface area contributed by atoms with Crippen LogP contribution in [-0.2, 0) is 42.0 Å². The summed E-state index contributed by atoms with van der Waals surface area (Å²) in [5.74, 6) is -0.00583.